The Bertz CT molecular complexity index is 767. The normalized spacial score (nSPS) is 18.0. The zero-order chi connectivity index (χ0) is 19.2. The lowest BCUT2D eigenvalue weighted by molar-refractivity contribution is -0.118. The van der Waals surface area contributed by atoms with E-state index in [0.717, 1.165) is 30.0 Å². The van der Waals surface area contributed by atoms with Crippen molar-refractivity contribution in [1.82, 2.24) is 0 Å². The molecule has 5 nitrogen and oxygen atoms in total. The van der Waals surface area contributed by atoms with Crippen LogP contribution in [0.1, 0.15) is 44.7 Å². The third-order valence-electron chi connectivity index (χ3n) is 4.97. The van der Waals surface area contributed by atoms with Crippen LogP contribution in [0.15, 0.2) is 48.5 Å². The zero-order valence-electron chi connectivity index (χ0n) is 16.6. The van der Waals surface area contributed by atoms with Crippen molar-refractivity contribution in [3.05, 3.63) is 54.1 Å². The Morgan fingerprint density at radius 3 is 2.61 bits per heavy atom. The summed E-state index contributed by atoms with van der Waals surface area (Å²) in [4.78, 5) is 14.4. The highest BCUT2D eigenvalue weighted by atomic mass is 35.5. The number of nitrogens with zero attached hydrogens (tertiary/aromatic N) is 1. The van der Waals surface area contributed by atoms with Gasteiger partial charge in [0.2, 0.25) is 5.91 Å². The second kappa shape index (κ2) is 10.3. The lowest BCUT2D eigenvalue weighted by Gasteiger charge is -2.40. The van der Waals surface area contributed by atoms with Gasteiger partial charge in [-0.3, -0.25) is 4.79 Å². The molecule has 0 saturated heterocycles. The number of fused-ring (bicyclic) bond motifs is 1. The number of hydrogen-bond donors (Lipinski definition) is 2. The summed E-state index contributed by atoms with van der Waals surface area (Å²) in [5.41, 5.74) is 8.72. The summed E-state index contributed by atoms with van der Waals surface area (Å²) < 4.78 is 5.67. The zero-order valence-corrected chi connectivity index (χ0v) is 17.4. The smallest absolute Gasteiger partial charge is 0.226 e. The summed E-state index contributed by atoms with van der Waals surface area (Å²) in [5.74, 6) is 1.03. The van der Waals surface area contributed by atoms with E-state index in [1.54, 1.807) is 0 Å². The van der Waals surface area contributed by atoms with Gasteiger partial charge in [-0.25, -0.2) is 0 Å². The van der Waals surface area contributed by atoms with Gasteiger partial charge in [-0.1, -0.05) is 25.1 Å². The Hall–Kier alpha value is -2.24. The third kappa shape index (κ3) is 4.97. The average molecular weight is 404 g/mol. The van der Waals surface area contributed by atoms with E-state index in [0.29, 0.717) is 19.6 Å². The number of amides is 1. The summed E-state index contributed by atoms with van der Waals surface area (Å²) in [6.07, 6.45) is 2.24. The number of rotatable bonds is 7. The van der Waals surface area contributed by atoms with Gasteiger partial charge in [0.25, 0.3) is 0 Å². The van der Waals surface area contributed by atoms with Crippen LogP contribution in [0.2, 0.25) is 0 Å². The molecule has 152 valence electrons. The van der Waals surface area contributed by atoms with E-state index in [1.165, 1.54) is 5.56 Å². The molecule has 0 fully saturated rings. The van der Waals surface area contributed by atoms with Gasteiger partial charge in [0.05, 0.1) is 12.6 Å². The van der Waals surface area contributed by atoms with Crippen LogP contribution in [-0.2, 0) is 4.79 Å². The van der Waals surface area contributed by atoms with Crippen LogP contribution in [0, 0.1) is 0 Å². The minimum Gasteiger partial charge on any atom is -0.494 e. The van der Waals surface area contributed by atoms with E-state index in [4.69, 9.17) is 10.5 Å². The molecule has 0 aliphatic carbocycles. The molecule has 1 aliphatic heterocycles. The number of halogens is 1. The predicted molar refractivity (Wildman–Crippen MR) is 118 cm³/mol. The number of hydrogen-bond acceptors (Lipinski definition) is 4. The highest BCUT2D eigenvalue weighted by molar-refractivity contribution is 5.95. The SMILES string of the molecule is CCC(=O)N1c2ccccc2[C@H](Nc2ccc(OCCCN)cc2)C[C@@H]1C.Cl. The number of carbonyl (C=O) groups is 1. The quantitative estimate of drug-likeness (QED) is 0.666. The Labute approximate surface area is 173 Å². The molecule has 1 heterocycles. The van der Waals surface area contributed by atoms with Crippen molar-refractivity contribution in [2.45, 2.75) is 45.2 Å². The van der Waals surface area contributed by atoms with E-state index < -0.39 is 0 Å². The maximum Gasteiger partial charge on any atom is 0.226 e. The molecule has 0 saturated carbocycles. The van der Waals surface area contributed by atoms with Crippen molar-refractivity contribution in [2.75, 3.05) is 23.4 Å². The number of ether oxygens (including phenoxy) is 1. The number of anilines is 2. The summed E-state index contributed by atoms with van der Waals surface area (Å²) in [6.45, 7) is 5.31. The van der Waals surface area contributed by atoms with Crippen LogP contribution in [0.5, 0.6) is 5.75 Å². The number of carbonyl (C=O) groups excluding carboxylic acids is 1. The van der Waals surface area contributed by atoms with Crippen LogP contribution in [0.3, 0.4) is 0 Å². The van der Waals surface area contributed by atoms with E-state index in [1.807, 2.05) is 54.3 Å². The fraction of sp³-hybridized carbons (Fsp3) is 0.409. The molecule has 0 spiro atoms. The predicted octanol–water partition coefficient (Wildman–Crippen LogP) is 4.52. The second-order valence-electron chi connectivity index (χ2n) is 6.97. The molecule has 2 atom stereocenters. The number of nitrogens with one attached hydrogen (secondary N) is 1. The maximum absolute atomic E-state index is 12.4. The van der Waals surface area contributed by atoms with Crippen LogP contribution in [0.4, 0.5) is 11.4 Å². The highest BCUT2D eigenvalue weighted by Gasteiger charge is 2.32. The fourth-order valence-corrected chi connectivity index (χ4v) is 3.62. The maximum atomic E-state index is 12.4. The van der Waals surface area contributed by atoms with Crippen molar-refractivity contribution in [3.8, 4) is 5.75 Å². The molecule has 0 aromatic heterocycles. The first-order valence-electron chi connectivity index (χ1n) is 9.74. The molecule has 3 rings (SSSR count). The minimum absolute atomic E-state index is 0. The highest BCUT2D eigenvalue weighted by Crippen LogP contribution is 2.39. The van der Waals surface area contributed by atoms with Gasteiger partial charge in [0, 0.05) is 23.8 Å². The lowest BCUT2D eigenvalue weighted by atomic mass is 9.91. The Morgan fingerprint density at radius 1 is 1.21 bits per heavy atom. The van der Waals surface area contributed by atoms with Crippen LogP contribution in [-0.4, -0.2) is 25.1 Å². The molecule has 3 N–H and O–H groups in total. The number of nitrogens with two attached hydrogens (primary N) is 1. The summed E-state index contributed by atoms with van der Waals surface area (Å²) >= 11 is 0. The molecule has 6 heteroatoms. The fourth-order valence-electron chi connectivity index (χ4n) is 3.62. The number of para-hydroxylation sites is 1. The molecule has 0 bridgehead atoms. The van der Waals surface area contributed by atoms with Gasteiger partial charge in [0.15, 0.2) is 0 Å². The lowest BCUT2D eigenvalue weighted by Crippen LogP contribution is -2.44. The van der Waals surface area contributed by atoms with E-state index in [-0.39, 0.29) is 30.4 Å². The van der Waals surface area contributed by atoms with Gasteiger partial charge in [-0.05, 0) is 62.2 Å². The monoisotopic (exact) mass is 403 g/mol. The van der Waals surface area contributed by atoms with Crippen molar-refractivity contribution in [2.24, 2.45) is 5.73 Å². The molecular weight excluding hydrogens is 374 g/mol. The van der Waals surface area contributed by atoms with Crippen molar-refractivity contribution in [1.29, 1.82) is 0 Å². The van der Waals surface area contributed by atoms with E-state index >= 15 is 0 Å². The summed E-state index contributed by atoms with van der Waals surface area (Å²) in [6, 6.07) is 16.5. The topological polar surface area (TPSA) is 67.6 Å². The summed E-state index contributed by atoms with van der Waals surface area (Å²) in [5, 5.41) is 3.63. The van der Waals surface area contributed by atoms with Gasteiger partial charge in [-0.2, -0.15) is 0 Å². The first-order valence-corrected chi connectivity index (χ1v) is 9.74. The van der Waals surface area contributed by atoms with E-state index in [2.05, 4.69) is 18.3 Å². The largest absolute Gasteiger partial charge is 0.494 e. The van der Waals surface area contributed by atoms with Gasteiger partial charge in [-0.15, -0.1) is 12.4 Å². The van der Waals surface area contributed by atoms with Crippen molar-refractivity contribution < 1.29 is 9.53 Å². The van der Waals surface area contributed by atoms with Crippen LogP contribution >= 0.6 is 12.4 Å². The molecular formula is C22H30ClN3O2. The van der Waals surface area contributed by atoms with Crippen molar-refractivity contribution in [3.63, 3.8) is 0 Å². The standard InChI is InChI=1S/C22H29N3O2.ClH/c1-3-22(26)25-16(2)15-20(19-7-4-5-8-21(19)25)24-17-9-11-18(12-10-17)27-14-6-13-23;/h4-5,7-12,16,20,24H,3,6,13-15,23H2,1-2H3;1H/t16-,20+;/m0./s1. The van der Waals surface area contributed by atoms with Gasteiger partial charge in [0.1, 0.15) is 5.75 Å². The third-order valence-corrected chi connectivity index (χ3v) is 4.97. The van der Waals surface area contributed by atoms with Crippen molar-refractivity contribution >= 4 is 29.7 Å². The minimum atomic E-state index is 0. The first-order chi connectivity index (χ1) is 13.1. The number of benzene rings is 2. The van der Waals surface area contributed by atoms with Gasteiger partial charge >= 0.3 is 0 Å². The second-order valence-corrected chi connectivity index (χ2v) is 6.97. The Morgan fingerprint density at radius 2 is 1.93 bits per heavy atom. The van der Waals surface area contributed by atoms with Crippen LogP contribution < -0.4 is 20.7 Å². The molecule has 0 unspecified atom stereocenters. The Kier molecular flexibility index (Phi) is 8.15. The van der Waals surface area contributed by atoms with E-state index in [9.17, 15) is 4.79 Å². The molecule has 0 radical (unpaired) electrons. The Balaban J connectivity index is 0.00000280. The molecule has 2 aromatic carbocycles. The average Bonchev–Trinajstić information content (AvgIpc) is 2.69. The first kappa shape index (κ1) is 22.1. The summed E-state index contributed by atoms with van der Waals surface area (Å²) in [7, 11) is 0. The molecule has 28 heavy (non-hydrogen) atoms. The van der Waals surface area contributed by atoms with Gasteiger partial charge < -0.3 is 20.7 Å². The van der Waals surface area contributed by atoms with Crippen LogP contribution in [0.25, 0.3) is 0 Å². The molecule has 1 aliphatic rings. The molecule has 2 aromatic rings. The molecule has 1 amide bonds.